The molecule has 0 unspecified atom stereocenters. The minimum Gasteiger partial charge on any atom is -0.336 e. The first kappa shape index (κ1) is 17.3. The van der Waals surface area contributed by atoms with Crippen molar-refractivity contribution in [1.29, 1.82) is 0 Å². The van der Waals surface area contributed by atoms with Crippen molar-refractivity contribution in [2.24, 2.45) is 0 Å². The maximum Gasteiger partial charge on any atom is 0.272 e. The van der Waals surface area contributed by atoms with Gasteiger partial charge in [0.05, 0.1) is 0 Å². The third-order valence-electron chi connectivity index (χ3n) is 4.82. The average molecular weight is 334 g/mol. The molecule has 0 spiro atoms. The van der Waals surface area contributed by atoms with E-state index < -0.39 is 0 Å². The molecule has 130 valence electrons. The molecule has 0 bridgehead atoms. The van der Waals surface area contributed by atoms with Gasteiger partial charge in [0.2, 0.25) is 0 Å². The molecule has 3 rings (SSSR count). The molecule has 25 heavy (non-hydrogen) atoms. The molecule has 0 aliphatic heterocycles. The van der Waals surface area contributed by atoms with Crippen molar-refractivity contribution < 1.29 is 4.79 Å². The molecule has 0 saturated heterocycles. The molecule has 1 aromatic heterocycles. The number of benzene rings is 2. The molecule has 0 fully saturated rings. The predicted octanol–water partition coefficient (Wildman–Crippen LogP) is 5.62. The van der Waals surface area contributed by atoms with Crippen LogP contribution in [0.4, 0.5) is 5.69 Å². The second kappa shape index (κ2) is 7.14. The zero-order chi connectivity index (χ0) is 18.0. The monoisotopic (exact) mass is 334 g/mol. The van der Waals surface area contributed by atoms with Crippen LogP contribution in [0.2, 0.25) is 0 Å². The SMILES string of the molecule is CCCCn1c(C(=O)Nc2cc(C)ccc2C)c(C)c2ccccc21. The lowest BCUT2D eigenvalue weighted by atomic mass is 10.1. The Morgan fingerprint density at radius 1 is 1.08 bits per heavy atom. The third-order valence-corrected chi connectivity index (χ3v) is 4.82. The van der Waals surface area contributed by atoms with Gasteiger partial charge in [0.15, 0.2) is 0 Å². The van der Waals surface area contributed by atoms with Gasteiger partial charge in [-0.1, -0.05) is 43.7 Å². The van der Waals surface area contributed by atoms with Crippen LogP contribution in [0.5, 0.6) is 0 Å². The largest absolute Gasteiger partial charge is 0.336 e. The maximum atomic E-state index is 13.1. The number of hydrogen-bond donors (Lipinski definition) is 1. The second-order valence-corrected chi connectivity index (χ2v) is 6.77. The summed E-state index contributed by atoms with van der Waals surface area (Å²) in [4.78, 5) is 13.1. The number of aromatic nitrogens is 1. The second-order valence-electron chi connectivity index (χ2n) is 6.77. The standard InChI is InChI=1S/C22H26N2O/c1-5-6-13-24-20-10-8-7-9-18(20)17(4)21(24)22(25)23-19-14-15(2)11-12-16(19)3/h7-12,14H,5-6,13H2,1-4H3,(H,23,25). The van der Waals surface area contributed by atoms with Crippen molar-refractivity contribution in [2.75, 3.05) is 5.32 Å². The van der Waals surface area contributed by atoms with Gasteiger partial charge in [-0.05, 0) is 56.0 Å². The van der Waals surface area contributed by atoms with E-state index in [0.717, 1.165) is 58.4 Å². The fourth-order valence-corrected chi connectivity index (χ4v) is 3.37. The van der Waals surface area contributed by atoms with Crippen molar-refractivity contribution in [3.63, 3.8) is 0 Å². The van der Waals surface area contributed by atoms with E-state index in [1.165, 1.54) is 0 Å². The molecular weight excluding hydrogens is 308 g/mol. The highest BCUT2D eigenvalue weighted by Crippen LogP contribution is 2.27. The summed E-state index contributed by atoms with van der Waals surface area (Å²) in [6, 6.07) is 14.4. The molecule has 0 aliphatic rings. The summed E-state index contributed by atoms with van der Waals surface area (Å²) in [5.74, 6) is -0.0292. The smallest absolute Gasteiger partial charge is 0.272 e. The number of nitrogens with one attached hydrogen (secondary N) is 1. The minimum absolute atomic E-state index is 0.0292. The van der Waals surface area contributed by atoms with E-state index in [1.54, 1.807) is 0 Å². The number of unbranched alkanes of at least 4 members (excludes halogenated alkanes) is 1. The maximum absolute atomic E-state index is 13.1. The van der Waals surface area contributed by atoms with Crippen molar-refractivity contribution in [3.05, 3.63) is 64.8 Å². The Kier molecular flexibility index (Phi) is 4.93. The molecule has 0 atom stereocenters. The van der Waals surface area contributed by atoms with Crippen molar-refractivity contribution in [1.82, 2.24) is 4.57 Å². The highest BCUT2D eigenvalue weighted by molar-refractivity contribution is 6.08. The summed E-state index contributed by atoms with van der Waals surface area (Å²) in [7, 11) is 0. The van der Waals surface area contributed by atoms with E-state index in [4.69, 9.17) is 0 Å². The fourth-order valence-electron chi connectivity index (χ4n) is 3.37. The fraction of sp³-hybridized carbons (Fsp3) is 0.318. The summed E-state index contributed by atoms with van der Waals surface area (Å²) in [5.41, 5.74) is 6.07. The quantitative estimate of drug-likeness (QED) is 0.645. The van der Waals surface area contributed by atoms with Crippen molar-refractivity contribution in [3.8, 4) is 0 Å². The Hall–Kier alpha value is -2.55. The summed E-state index contributed by atoms with van der Waals surface area (Å²) < 4.78 is 2.18. The Morgan fingerprint density at radius 3 is 2.60 bits per heavy atom. The van der Waals surface area contributed by atoms with Gasteiger partial charge >= 0.3 is 0 Å². The van der Waals surface area contributed by atoms with E-state index in [0.29, 0.717) is 0 Å². The molecule has 1 amide bonds. The van der Waals surface area contributed by atoms with Gasteiger partial charge in [-0.3, -0.25) is 4.79 Å². The average Bonchev–Trinajstić information content (AvgIpc) is 2.89. The molecule has 0 radical (unpaired) electrons. The lowest BCUT2D eigenvalue weighted by Gasteiger charge is -2.13. The Balaban J connectivity index is 2.05. The first-order valence-corrected chi connectivity index (χ1v) is 8.99. The van der Waals surface area contributed by atoms with E-state index >= 15 is 0 Å². The minimum atomic E-state index is -0.0292. The Bertz CT molecular complexity index is 921. The summed E-state index contributed by atoms with van der Waals surface area (Å²) in [5, 5.41) is 4.28. The van der Waals surface area contributed by atoms with Gasteiger partial charge < -0.3 is 9.88 Å². The highest BCUT2D eigenvalue weighted by Gasteiger charge is 2.20. The van der Waals surface area contributed by atoms with E-state index in [-0.39, 0.29) is 5.91 Å². The number of para-hydroxylation sites is 1. The first-order chi connectivity index (χ1) is 12.0. The van der Waals surface area contributed by atoms with Gasteiger partial charge in [-0.2, -0.15) is 0 Å². The number of amides is 1. The normalized spacial score (nSPS) is 11.0. The molecule has 3 aromatic rings. The number of fused-ring (bicyclic) bond motifs is 1. The number of nitrogens with zero attached hydrogens (tertiary/aromatic N) is 1. The van der Waals surface area contributed by atoms with Crippen LogP contribution < -0.4 is 5.32 Å². The van der Waals surface area contributed by atoms with Gasteiger partial charge in [-0.15, -0.1) is 0 Å². The van der Waals surface area contributed by atoms with Crippen LogP contribution in [-0.4, -0.2) is 10.5 Å². The summed E-state index contributed by atoms with van der Waals surface area (Å²) in [6.45, 7) is 9.14. The zero-order valence-corrected chi connectivity index (χ0v) is 15.5. The summed E-state index contributed by atoms with van der Waals surface area (Å²) in [6.07, 6.45) is 2.16. The topological polar surface area (TPSA) is 34.0 Å². The van der Waals surface area contributed by atoms with Crippen LogP contribution in [0.1, 0.15) is 46.9 Å². The van der Waals surface area contributed by atoms with E-state index in [9.17, 15) is 4.79 Å². The number of carbonyl (C=O) groups excluding carboxylic acids is 1. The lowest BCUT2D eigenvalue weighted by molar-refractivity contribution is 0.101. The van der Waals surface area contributed by atoms with Gasteiger partial charge in [0.1, 0.15) is 5.69 Å². The first-order valence-electron chi connectivity index (χ1n) is 8.99. The van der Waals surface area contributed by atoms with Crippen LogP contribution in [0.15, 0.2) is 42.5 Å². The lowest BCUT2D eigenvalue weighted by Crippen LogP contribution is -2.19. The molecule has 1 N–H and O–H groups in total. The van der Waals surface area contributed by atoms with Crippen molar-refractivity contribution >= 4 is 22.5 Å². The van der Waals surface area contributed by atoms with Crippen LogP contribution in [-0.2, 0) is 6.54 Å². The Labute approximate surface area is 149 Å². The van der Waals surface area contributed by atoms with Crippen LogP contribution in [0.25, 0.3) is 10.9 Å². The number of anilines is 1. The van der Waals surface area contributed by atoms with Gasteiger partial charge in [0, 0.05) is 23.1 Å². The third kappa shape index (κ3) is 3.32. The molecule has 1 heterocycles. The zero-order valence-electron chi connectivity index (χ0n) is 15.5. The number of carbonyl (C=O) groups is 1. The van der Waals surface area contributed by atoms with E-state index in [2.05, 4.69) is 35.0 Å². The van der Waals surface area contributed by atoms with Crippen LogP contribution in [0.3, 0.4) is 0 Å². The predicted molar refractivity (Wildman–Crippen MR) is 105 cm³/mol. The number of aryl methyl sites for hydroxylation is 4. The van der Waals surface area contributed by atoms with E-state index in [1.807, 2.05) is 45.0 Å². The molecule has 2 aromatic carbocycles. The number of rotatable bonds is 5. The van der Waals surface area contributed by atoms with Crippen LogP contribution >= 0.6 is 0 Å². The Morgan fingerprint density at radius 2 is 1.84 bits per heavy atom. The van der Waals surface area contributed by atoms with Gasteiger partial charge in [0.25, 0.3) is 5.91 Å². The van der Waals surface area contributed by atoms with Crippen LogP contribution in [0, 0.1) is 20.8 Å². The molecule has 3 heteroatoms. The number of hydrogen-bond acceptors (Lipinski definition) is 1. The molecule has 0 saturated carbocycles. The van der Waals surface area contributed by atoms with Crippen molar-refractivity contribution in [2.45, 2.75) is 47.1 Å². The summed E-state index contributed by atoms with van der Waals surface area (Å²) >= 11 is 0. The molecule has 3 nitrogen and oxygen atoms in total. The van der Waals surface area contributed by atoms with Gasteiger partial charge in [-0.25, -0.2) is 0 Å². The highest BCUT2D eigenvalue weighted by atomic mass is 16.2. The molecule has 0 aliphatic carbocycles. The molecular formula is C22H26N2O.